The summed E-state index contributed by atoms with van der Waals surface area (Å²) in [7, 11) is 0. The Morgan fingerprint density at radius 1 is 0.400 bits per heavy atom. The van der Waals surface area contributed by atoms with E-state index in [0.29, 0.717) is 16.7 Å². The molecule has 0 saturated heterocycles. The van der Waals surface area contributed by atoms with Crippen molar-refractivity contribution in [1.29, 1.82) is 15.8 Å². The first-order valence-electron chi connectivity index (χ1n) is 16.3. The van der Waals surface area contributed by atoms with Crippen LogP contribution in [0.5, 0.6) is 0 Å². The van der Waals surface area contributed by atoms with E-state index < -0.39 is 0 Å². The van der Waals surface area contributed by atoms with E-state index in [4.69, 9.17) is 0 Å². The highest BCUT2D eigenvalue weighted by atomic mass is 15.0. The highest BCUT2D eigenvalue weighted by Crippen LogP contribution is 2.39. The molecule has 2 heterocycles. The Labute approximate surface area is 287 Å². The maximum absolute atomic E-state index is 10.2. The van der Waals surface area contributed by atoms with Crippen molar-refractivity contribution in [3.05, 3.63) is 168 Å². The molecule has 0 aliphatic rings. The molecule has 0 bridgehead atoms. The Morgan fingerprint density at radius 2 is 1.02 bits per heavy atom. The molecule has 0 atom stereocenters. The predicted molar refractivity (Wildman–Crippen MR) is 200 cm³/mol. The first-order chi connectivity index (χ1) is 24.7. The van der Waals surface area contributed by atoms with Crippen LogP contribution < -0.4 is 0 Å². The minimum atomic E-state index is 0.546. The van der Waals surface area contributed by atoms with Crippen LogP contribution in [-0.4, -0.2) is 9.13 Å². The minimum Gasteiger partial charge on any atom is -0.309 e. The van der Waals surface area contributed by atoms with Crippen molar-refractivity contribution in [2.24, 2.45) is 0 Å². The monoisotopic (exact) mass is 635 g/mol. The van der Waals surface area contributed by atoms with Gasteiger partial charge in [0.1, 0.15) is 6.07 Å². The normalized spacial score (nSPS) is 11.1. The zero-order chi connectivity index (χ0) is 33.8. The molecule has 7 aromatic carbocycles. The Bertz CT molecular complexity index is 2960. The van der Waals surface area contributed by atoms with Crippen LogP contribution in [0.1, 0.15) is 16.7 Å². The molecule has 0 aliphatic heterocycles. The number of fused-ring (bicyclic) bond motifs is 6. The molecule has 0 radical (unpaired) electrons. The molecule has 5 heteroatoms. The summed E-state index contributed by atoms with van der Waals surface area (Å²) >= 11 is 0. The van der Waals surface area contributed by atoms with E-state index in [1.165, 1.54) is 0 Å². The van der Waals surface area contributed by atoms with Gasteiger partial charge < -0.3 is 9.13 Å². The fourth-order valence-electron chi connectivity index (χ4n) is 7.38. The number of hydrogen-bond donors (Lipinski definition) is 0. The van der Waals surface area contributed by atoms with Crippen molar-refractivity contribution < 1.29 is 0 Å². The standard InChI is InChI=1S/C45H25N5/c46-26-29-16-22-43-40(23-29)38-11-2-3-13-41(38)49(43)35-19-17-31(18-20-35)32-7-5-8-33(25-32)36-21-15-30(27-47)24-44(36)50-42-14-4-1-10-37(42)39-12-6-9-34(28-48)45(39)50/h1-25H. The van der Waals surface area contributed by atoms with Gasteiger partial charge in [-0.15, -0.1) is 0 Å². The van der Waals surface area contributed by atoms with Gasteiger partial charge in [0.2, 0.25) is 0 Å². The van der Waals surface area contributed by atoms with Crippen LogP contribution in [0.4, 0.5) is 0 Å². The molecule has 0 aliphatic carbocycles. The number of hydrogen-bond acceptors (Lipinski definition) is 3. The van der Waals surface area contributed by atoms with E-state index in [9.17, 15) is 15.8 Å². The SMILES string of the molecule is N#Cc1ccc(-c2cccc(-c3ccc(-n4c5ccccc5c5cc(C#N)ccc54)cc3)c2)c(-n2c3ccccc3c3cccc(C#N)c32)c1. The number of aromatic nitrogens is 2. The Morgan fingerprint density at radius 3 is 1.78 bits per heavy atom. The van der Waals surface area contributed by atoms with E-state index in [-0.39, 0.29) is 0 Å². The topological polar surface area (TPSA) is 81.2 Å². The number of nitrogens with zero attached hydrogens (tertiary/aromatic N) is 5. The average molecular weight is 636 g/mol. The van der Waals surface area contributed by atoms with Crippen molar-refractivity contribution in [3.63, 3.8) is 0 Å². The second-order valence-electron chi connectivity index (χ2n) is 12.3. The molecule has 0 fully saturated rings. The van der Waals surface area contributed by atoms with Gasteiger partial charge >= 0.3 is 0 Å². The minimum absolute atomic E-state index is 0.546. The summed E-state index contributed by atoms with van der Waals surface area (Å²) in [6.45, 7) is 0. The van der Waals surface area contributed by atoms with Crippen molar-refractivity contribution in [2.45, 2.75) is 0 Å². The zero-order valence-corrected chi connectivity index (χ0v) is 26.7. The van der Waals surface area contributed by atoms with Crippen LogP contribution >= 0.6 is 0 Å². The molecular weight excluding hydrogens is 611 g/mol. The van der Waals surface area contributed by atoms with Gasteiger partial charge in [-0.2, -0.15) is 15.8 Å². The largest absolute Gasteiger partial charge is 0.309 e. The summed E-state index contributed by atoms with van der Waals surface area (Å²) in [5.74, 6) is 0. The first kappa shape index (κ1) is 28.8. The molecular formula is C45H25N5. The summed E-state index contributed by atoms with van der Waals surface area (Å²) in [4.78, 5) is 0. The third kappa shape index (κ3) is 4.38. The van der Waals surface area contributed by atoms with E-state index in [0.717, 1.165) is 77.2 Å². The summed E-state index contributed by atoms with van der Waals surface area (Å²) in [5, 5.41) is 33.9. The smallest absolute Gasteiger partial charge is 0.101 e. The fourth-order valence-corrected chi connectivity index (χ4v) is 7.38. The van der Waals surface area contributed by atoms with Gasteiger partial charge in [0.25, 0.3) is 0 Å². The summed E-state index contributed by atoms with van der Waals surface area (Å²) in [6.07, 6.45) is 0. The van der Waals surface area contributed by atoms with Gasteiger partial charge in [0.05, 0.1) is 56.6 Å². The molecule has 9 aromatic rings. The van der Waals surface area contributed by atoms with Crippen LogP contribution in [0.2, 0.25) is 0 Å². The molecule has 0 saturated carbocycles. The van der Waals surface area contributed by atoms with Gasteiger partial charge in [0.15, 0.2) is 0 Å². The molecule has 50 heavy (non-hydrogen) atoms. The zero-order valence-electron chi connectivity index (χ0n) is 26.7. The molecule has 0 N–H and O–H groups in total. The summed E-state index contributed by atoms with van der Waals surface area (Å²) in [6, 6.07) is 57.9. The second kappa shape index (κ2) is 11.4. The highest BCUT2D eigenvalue weighted by molar-refractivity contribution is 6.12. The fraction of sp³-hybridized carbons (Fsp3) is 0. The van der Waals surface area contributed by atoms with Crippen LogP contribution in [0.3, 0.4) is 0 Å². The molecule has 0 spiro atoms. The lowest BCUT2D eigenvalue weighted by Gasteiger charge is -2.16. The molecule has 0 unspecified atom stereocenters. The molecule has 0 amide bonds. The molecule has 9 rings (SSSR count). The van der Waals surface area contributed by atoms with Crippen LogP contribution in [0.15, 0.2) is 152 Å². The Hall–Kier alpha value is -7.39. The number of nitriles is 3. The maximum Gasteiger partial charge on any atom is 0.101 e. The van der Waals surface area contributed by atoms with E-state index in [1.54, 1.807) is 0 Å². The van der Waals surface area contributed by atoms with Gasteiger partial charge in [-0.25, -0.2) is 0 Å². The molecule has 5 nitrogen and oxygen atoms in total. The van der Waals surface area contributed by atoms with Crippen LogP contribution in [0.25, 0.3) is 77.2 Å². The lowest BCUT2D eigenvalue weighted by molar-refractivity contribution is 1.17. The molecule has 230 valence electrons. The van der Waals surface area contributed by atoms with Crippen molar-refractivity contribution in [2.75, 3.05) is 0 Å². The number of benzene rings is 7. The second-order valence-corrected chi connectivity index (χ2v) is 12.3. The molecule has 2 aromatic heterocycles. The van der Waals surface area contributed by atoms with Crippen LogP contribution in [0, 0.1) is 34.0 Å². The summed E-state index contributed by atoms with van der Waals surface area (Å²) in [5.41, 5.74) is 11.7. The lowest BCUT2D eigenvalue weighted by Crippen LogP contribution is -2.00. The van der Waals surface area contributed by atoms with Crippen molar-refractivity contribution in [1.82, 2.24) is 9.13 Å². The van der Waals surface area contributed by atoms with Crippen molar-refractivity contribution >= 4 is 43.6 Å². The number of para-hydroxylation sites is 3. The highest BCUT2D eigenvalue weighted by Gasteiger charge is 2.19. The first-order valence-corrected chi connectivity index (χ1v) is 16.3. The van der Waals surface area contributed by atoms with Crippen LogP contribution in [-0.2, 0) is 0 Å². The van der Waals surface area contributed by atoms with E-state index in [1.807, 2.05) is 72.8 Å². The maximum atomic E-state index is 10.2. The average Bonchev–Trinajstić information content (AvgIpc) is 3.70. The quantitative estimate of drug-likeness (QED) is 0.193. The van der Waals surface area contributed by atoms with Gasteiger partial charge in [-0.1, -0.05) is 84.9 Å². The van der Waals surface area contributed by atoms with Gasteiger partial charge in [-0.3, -0.25) is 0 Å². The lowest BCUT2D eigenvalue weighted by atomic mass is 9.96. The van der Waals surface area contributed by atoms with E-state index in [2.05, 4.69) is 106 Å². The number of rotatable bonds is 4. The Kier molecular flexibility index (Phi) is 6.56. The van der Waals surface area contributed by atoms with Crippen molar-refractivity contribution in [3.8, 4) is 51.8 Å². The predicted octanol–water partition coefficient (Wildman–Crippen LogP) is 10.8. The van der Waals surface area contributed by atoms with Gasteiger partial charge in [0, 0.05) is 32.8 Å². The third-order valence-electron chi connectivity index (χ3n) is 9.62. The summed E-state index contributed by atoms with van der Waals surface area (Å²) < 4.78 is 4.38. The third-order valence-corrected chi connectivity index (χ3v) is 9.62. The van der Waals surface area contributed by atoms with Gasteiger partial charge in [-0.05, 0) is 83.4 Å². The Balaban J connectivity index is 1.18. The van der Waals surface area contributed by atoms with E-state index >= 15 is 0 Å².